The number of carbonyl (C=O) groups is 1. The summed E-state index contributed by atoms with van der Waals surface area (Å²) in [4.78, 5) is 13.7. The van der Waals surface area contributed by atoms with Gasteiger partial charge in [0.2, 0.25) is 5.91 Å². The molecule has 108 valence electrons. The van der Waals surface area contributed by atoms with Crippen molar-refractivity contribution in [3.8, 4) is 0 Å². The van der Waals surface area contributed by atoms with Gasteiger partial charge in [0.25, 0.3) is 0 Å². The average molecular weight is 305 g/mol. The van der Waals surface area contributed by atoms with Gasteiger partial charge in [-0.05, 0) is 42.3 Å². The first-order chi connectivity index (χ1) is 10.1. The van der Waals surface area contributed by atoms with Gasteiger partial charge in [-0.25, -0.2) is 8.78 Å². The largest absolute Gasteiger partial charge is 0.295 e. The molecular weight excluding hydrogens is 292 g/mol. The van der Waals surface area contributed by atoms with Gasteiger partial charge in [-0.3, -0.25) is 9.69 Å². The van der Waals surface area contributed by atoms with Crippen LogP contribution in [-0.2, 0) is 4.79 Å². The van der Waals surface area contributed by atoms with E-state index in [2.05, 4.69) is 0 Å². The second kappa shape index (κ2) is 5.48. The highest BCUT2D eigenvalue weighted by Gasteiger charge is 2.35. The number of carbonyl (C=O) groups excluding carboxylic acids is 1. The van der Waals surface area contributed by atoms with Crippen LogP contribution in [0.2, 0.25) is 0 Å². The van der Waals surface area contributed by atoms with Crippen molar-refractivity contribution in [2.75, 3.05) is 10.7 Å². The van der Waals surface area contributed by atoms with Gasteiger partial charge in [-0.15, -0.1) is 11.8 Å². The van der Waals surface area contributed by atoms with Crippen LogP contribution >= 0.6 is 11.8 Å². The van der Waals surface area contributed by atoms with Gasteiger partial charge in [-0.1, -0.05) is 18.2 Å². The molecule has 1 atom stereocenters. The lowest BCUT2D eigenvalue weighted by molar-refractivity contribution is -0.115. The van der Waals surface area contributed by atoms with Crippen molar-refractivity contribution in [3.05, 3.63) is 65.2 Å². The fourth-order valence-electron chi connectivity index (χ4n) is 2.43. The number of benzene rings is 2. The molecule has 0 aromatic heterocycles. The summed E-state index contributed by atoms with van der Waals surface area (Å²) < 4.78 is 26.9. The SMILES string of the molecule is Cc1ccc(F)cc1N1C(=O)CS[C@@H]1c1cccc(F)c1. The Morgan fingerprint density at radius 3 is 2.67 bits per heavy atom. The van der Waals surface area contributed by atoms with Crippen LogP contribution < -0.4 is 4.90 Å². The van der Waals surface area contributed by atoms with Crippen LogP contribution in [0.15, 0.2) is 42.5 Å². The molecule has 0 saturated carbocycles. The predicted molar refractivity (Wildman–Crippen MR) is 80.2 cm³/mol. The molecule has 1 amide bonds. The topological polar surface area (TPSA) is 20.3 Å². The van der Waals surface area contributed by atoms with Crippen LogP contribution in [0, 0.1) is 18.6 Å². The van der Waals surface area contributed by atoms with Crippen molar-refractivity contribution >= 4 is 23.4 Å². The van der Waals surface area contributed by atoms with Crippen molar-refractivity contribution in [3.63, 3.8) is 0 Å². The van der Waals surface area contributed by atoms with Gasteiger partial charge in [0.1, 0.15) is 17.0 Å². The summed E-state index contributed by atoms with van der Waals surface area (Å²) in [5.41, 5.74) is 2.06. The average Bonchev–Trinajstić information content (AvgIpc) is 2.83. The third-order valence-electron chi connectivity index (χ3n) is 3.43. The number of nitrogens with zero attached hydrogens (tertiary/aromatic N) is 1. The molecule has 2 aromatic rings. The first-order valence-electron chi connectivity index (χ1n) is 6.51. The van der Waals surface area contributed by atoms with E-state index in [0.29, 0.717) is 17.0 Å². The molecule has 1 aliphatic heterocycles. The highest BCUT2D eigenvalue weighted by molar-refractivity contribution is 8.00. The summed E-state index contributed by atoms with van der Waals surface area (Å²) in [6, 6.07) is 10.5. The molecule has 3 rings (SSSR count). The summed E-state index contributed by atoms with van der Waals surface area (Å²) in [6.45, 7) is 1.83. The Bertz CT molecular complexity index is 704. The number of rotatable bonds is 2. The molecule has 1 heterocycles. The summed E-state index contributed by atoms with van der Waals surface area (Å²) >= 11 is 1.42. The first kappa shape index (κ1) is 14.1. The lowest BCUT2D eigenvalue weighted by Gasteiger charge is -2.26. The molecule has 1 fully saturated rings. The molecule has 0 unspecified atom stereocenters. The third-order valence-corrected chi connectivity index (χ3v) is 4.64. The fraction of sp³-hybridized carbons (Fsp3) is 0.188. The highest BCUT2D eigenvalue weighted by atomic mass is 32.2. The van der Waals surface area contributed by atoms with Gasteiger partial charge >= 0.3 is 0 Å². The number of hydrogen-bond acceptors (Lipinski definition) is 2. The normalized spacial score (nSPS) is 18.3. The van der Waals surface area contributed by atoms with E-state index in [1.165, 1.54) is 36.0 Å². The standard InChI is InChI=1S/C16H13F2NOS/c1-10-5-6-13(18)8-14(10)19-15(20)9-21-16(19)11-3-2-4-12(17)7-11/h2-8,16H,9H2,1H3/t16-/m1/s1. The lowest BCUT2D eigenvalue weighted by Crippen LogP contribution is -2.28. The summed E-state index contributed by atoms with van der Waals surface area (Å²) in [7, 11) is 0. The van der Waals surface area contributed by atoms with Crippen molar-refractivity contribution < 1.29 is 13.6 Å². The molecule has 1 aliphatic rings. The van der Waals surface area contributed by atoms with E-state index in [9.17, 15) is 13.6 Å². The van der Waals surface area contributed by atoms with Crippen molar-refractivity contribution in [2.45, 2.75) is 12.3 Å². The summed E-state index contributed by atoms with van der Waals surface area (Å²) in [5, 5.41) is -0.325. The van der Waals surface area contributed by atoms with E-state index in [1.807, 2.05) is 6.92 Å². The molecule has 0 spiro atoms. The van der Waals surface area contributed by atoms with Gasteiger partial charge < -0.3 is 0 Å². The Balaban J connectivity index is 2.06. The molecule has 0 bridgehead atoms. The Hall–Kier alpha value is -1.88. The van der Waals surface area contributed by atoms with Gasteiger partial charge in [0, 0.05) is 0 Å². The lowest BCUT2D eigenvalue weighted by atomic mass is 10.1. The van der Waals surface area contributed by atoms with Crippen molar-refractivity contribution in [2.24, 2.45) is 0 Å². The molecule has 0 radical (unpaired) electrons. The van der Waals surface area contributed by atoms with E-state index in [0.717, 1.165) is 5.56 Å². The fourth-order valence-corrected chi connectivity index (χ4v) is 3.59. The van der Waals surface area contributed by atoms with E-state index < -0.39 is 5.82 Å². The van der Waals surface area contributed by atoms with E-state index in [1.54, 1.807) is 23.1 Å². The molecular formula is C16H13F2NOS. The summed E-state index contributed by atoms with van der Waals surface area (Å²) in [5.74, 6) is -0.526. The second-order valence-corrected chi connectivity index (χ2v) is 5.98. The maximum Gasteiger partial charge on any atom is 0.238 e. The molecule has 0 N–H and O–H groups in total. The minimum Gasteiger partial charge on any atom is -0.295 e. The Labute approximate surface area is 125 Å². The van der Waals surface area contributed by atoms with Crippen LogP contribution in [-0.4, -0.2) is 11.7 Å². The number of aryl methyl sites for hydroxylation is 1. The number of thioether (sulfide) groups is 1. The second-order valence-electron chi connectivity index (χ2n) is 4.91. The zero-order valence-corrected chi connectivity index (χ0v) is 12.2. The number of hydrogen-bond donors (Lipinski definition) is 0. The maximum atomic E-state index is 13.5. The van der Waals surface area contributed by atoms with E-state index >= 15 is 0 Å². The van der Waals surface area contributed by atoms with Crippen molar-refractivity contribution in [1.82, 2.24) is 0 Å². The van der Waals surface area contributed by atoms with Gasteiger partial charge in [0.05, 0.1) is 11.4 Å². The van der Waals surface area contributed by atoms with Crippen LogP contribution in [0.3, 0.4) is 0 Å². The smallest absolute Gasteiger partial charge is 0.238 e. The number of anilines is 1. The minimum absolute atomic E-state index is 0.0945. The zero-order valence-electron chi connectivity index (χ0n) is 11.3. The molecule has 5 heteroatoms. The Kier molecular flexibility index (Phi) is 3.68. The molecule has 0 aliphatic carbocycles. The molecule has 1 saturated heterocycles. The van der Waals surface area contributed by atoms with E-state index in [-0.39, 0.29) is 17.1 Å². The number of halogens is 2. The maximum absolute atomic E-state index is 13.5. The first-order valence-corrected chi connectivity index (χ1v) is 7.56. The van der Waals surface area contributed by atoms with Gasteiger partial charge in [0.15, 0.2) is 0 Å². The summed E-state index contributed by atoms with van der Waals surface area (Å²) in [6.07, 6.45) is 0. The monoisotopic (exact) mass is 305 g/mol. The predicted octanol–water partition coefficient (Wildman–Crippen LogP) is 4.05. The highest BCUT2D eigenvalue weighted by Crippen LogP contribution is 2.42. The van der Waals surface area contributed by atoms with Crippen molar-refractivity contribution in [1.29, 1.82) is 0 Å². The Morgan fingerprint density at radius 2 is 1.90 bits per heavy atom. The van der Waals surface area contributed by atoms with Crippen LogP contribution in [0.25, 0.3) is 0 Å². The molecule has 2 nitrogen and oxygen atoms in total. The minimum atomic E-state index is -0.390. The van der Waals surface area contributed by atoms with Crippen LogP contribution in [0.1, 0.15) is 16.5 Å². The molecule has 2 aromatic carbocycles. The molecule has 21 heavy (non-hydrogen) atoms. The zero-order chi connectivity index (χ0) is 15.0. The van der Waals surface area contributed by atoms with Crippen LogP contribution in [0.4, 0.5) is 14.5 Å². The van der Waals surface area contributed by atoms with Gasteiger partial charge in [-0.2, -0.15) is 0 Å². The quantitative estimate of drug-likeness (QED) is 0.834. The number of amides is 1. The Morgan fingerprint density at radius 1 is 1.14 bits per heavy atom. The van der Waals surface area contributed by atoms with Crippen LogP contribution in [0.5, 0.6) is 0 Å². The van der Waals surface area contributed by atoms with E-state index in [4.69, 9.17) is 0 Å². The third kappa shape index (κ3) is 2.65.